The highest BCUT2D eigenvalue weighted by molar-refractivity contribution is 5.66. The summed E-state index contributed by atoms with van der Waals surface area (Å²) in [6.07, 6.45) is 3.69. The molecule has 0 bridgehead atoms. The van der Waals surface area contributed by atoms with Gasteiger partial charge in [0.05, 0.1) is 12.7 Å². The van der Waals surface area contributed by atoms with Crippen LogP contribution in [0.15, 0.2) is 30.5 Å². The van der Waals surface area contributed by atoms with E-state index in [-0.39, 0.29) is 23.0 Å². The van der Waals surface area contributed by atoms with Crippen molar-refractivity contribution in [2.45, 2.75) is 32.5 Å². The molecule has 0 radical (unpaired) electrons. The van der Waals surface area contributed by atoms with Crippen molar-refractivity contribution in [2.75, 3.05) is 24.6 Å². The molecule has 6 heteroatoms. The predicted octanol–water partition coefficient (Wildman–Crippen LogP) is 3.52. The molecule has 134 valence electrons. The second-order valence-corrected chi connectivity index (χ2v) is 6.22. The fourth-order valence-electron chi connectivity index (χ4n) is 2.85. The Kier molecular flexibility index (Phi) is 5.60. The first-order valence-corrected chi connectivity index (χ1v) is 8.54. The Hall–Kier alpha value is -2.05. The fourth-order valence-corrected chi connectivity index (χ4v) is 2.85. The number of hydrogen-bond acceptors (Lipinski definition) is 4. The number of benzene rings is 1. The quantitative estimate of drug-likeness (QED) is 0.778. The Balaban J connectivity index is 1.70. The molecule has 4 nitrogen and oxygen atoms in total. The van der Waals surface area contributed by atoms with Crippen LogP contribution >= 0.6 is 0 Å². The van der Waals surface area contributed by atoms with Crippen molar-refractivity contribution < 1.29 is 18.6 Å². The maximum atomic E-state index is 14.4. The van der Waals surface area contributed by atoms with Crippen LogP contribution in [0.25, 0.3) is 11.1 Å². The summed E-state index contributed by atoms with van der Waals surface area (Å²) >= 11 is 0. The largest absolute Gasteiger partial charge is 0.392 e. The van der Waals surface area contributed by atoms with Crippen LogP contribution in [0.4, 0.5) is 14.6 Å². The van der Waals surface area contributed by atoms with Crippen molar-refractivity contribution >= 4 is 5.82 Å². The molecule has 1 N–H and O–H groups in total. The lowest BCUT2D eigenvalue weighted by Crippen LogP contribution is -2.53. The van der Waals surface area contributed by atoms with E-state index < -0.39 is 18.2 Å². The molecule has 0 aliphatic carbocycles. The summed E-state index contributed by atoms with van der Waals surface area (Å²) in [5, 5.41) is 9.15. The van der Waals surface area contributed by atoms with Gasteiger partial charge in [-0.05, 0) is 12.5 Å². The molecule has 0 saturated carbocycles. The molecule has 1 aliphatic heterocycles. The van der Waals surface area contributed by atoms with Crippen LogP contribution in [0.1, 0.15) is 25.3 Å². The van der Waals surface area contributed by atoms with Gasteiger partial charge < -0.3 is 14.7 Å². The van der Waals surface area contributed by atoms with Gasteiger partial charge >= 0.3 is 0 Å². The van der Waals surface area contributed by atoms with Crippen LogP contribution in [-0.2, 0) is 11.3 Å². The summed E-state index contributed by atoms with van der Waals surface area (Å²) in [6.45, 7) is 3.66. The number of rotatable bonds is 7. The Morgan fingerprint density at radius 1 is 1.32 bits per heavy atom. The number of aliphatic hydroxyl groups excluding tert-OH is 1. The molecule has 1 aliphatic rings. The number of halogens is 2. The zero-order chi connectivity index (χ0) is 17.8. The van der Waals surface area contributed by atoms with E-state index in [1.54, 1.807) is 12.1 Å². The average Bonchev–Trinajstić information content (AvgIpc) is 2.58. The molecule has 2 aromatic rings. The Morgan fingerprint density at radius 3 is 2.80 bits per heavy atom. The Morgan fingerprint density at radius 2 is 2.12 bits per heavy atom. The SMILES string of the molecule is CCCCOC1CN(c2ncc(-c3cccc(CO)c3F)cc2F)C1. The monoisotopic (exact) mass is 348 g/mol. The zero-order valence-electron chi connectivity index (χ0n) is 14.2. The van der Waals surface area contributed by atoms with Gasteiger partial charge in [0.2, 0.25) is 0 Å². The first kappa shape index (κ1) is 17.8. The third kappa shape index (κ3) is 3.80. The normalized spacial score (nSPS) is 14.6. The van der Waals surface area contributed by atoms with Crippen LogP contribution in [0.5, 0.6) is 0 Å². The van der Waals surface area contributed by atoms with E-state index in [4.69, 9.17) is 9.84 Å². The third-order valence-electron chi connectivity index (χ3n) is 4.38. The fraction of sp³-hybridized carbons (Fsp3) is 0.421. The summed E-state index contributed by atoms with van der Waals surface area (Å²) in [7, 11) is 0. The second-order valence-electron chi connectivity index (χ2n) is 6.22. The minimum Gasteiger partial charge on any atom is -0.392 e. The molecule has 0 unspecified atom stereocenters. The topological polar surface area (TPSA) is 45.6 Å². The van der Waals surface area contributed by atoms with Gasteiger partial charge in [-0.15, -0.1) is 0 Å². The van der Waals surface area contributed by atoms with Crippen LogP contribution < -0.4 is 4.90 Å². The summed E-state index contributed by atoms with van der Waals surface area (Å²) < 4.78 is 34.4. The first-order valence-electron chi connectivity index (χ1n) is 8.54. The number of ether oxygens (including phenoxy) is 1. The van der Waals surface area contributed by atoms with E-state index in [1.165, 1.54) is 18.3 Å². The molecule has 1 aromatic heterocycles. The van der Waals surface area contributed by atoms with E-state index in [2.05, 4.69) is 11.9 Å². The number of unbranched alkanes of at least 4 members (excludes halogenated alkanes) is 1. The predicted molar refractivity (Wildman–Crippen MR) is 92.4 cm³/mol. The highest BCUT2D eigenvalue weighted by Gasteiger charge is 2.30. The van der Waals surface area contributed by atoms with Crippen molar-refractivity contribution in [3.05, 3.63) is 47.7 Å². The van der Waals surface area contributed by atoms with Crippen LogP contribution in [-0.4, -0.2) is 35.9 Å². The summed E-state index contributed by atoms with van der Waals surface area (Å²) in [5.41, 5.74) is 0.760. The standard InChI is InChI=1S/C19H22F2N2O2/c1-2-3-7-25-15-10-23(11-15)19-17(20)8-14(9-22-19)16-6-4-5-13(12-24)18(16)21/h4-6,8-9,15,24H,2-3,7,10-12H2,1H3. The van der Waals surface area contributed by atoms with Crippen molar-refractivity contribution in [2.24, 2.45) is 0 Å². The van der Waals surface area contributed by atoms with Gasteiger partial charge in [-0.1, -0.05) is 31.5 Å². The van der Waals surface area contributed by atoms with Crippen LogP contribution in [0.2, 0.25) is 0 Å². The minimum absolute atomic E-state index is 0.117. The summed E-state index contributed by atoms with van der Waals surface area (Å²) in [4.78, 5) is 5.99. The van der Waals surface area contributed by atoms with Crippen LogP contribution in [0, 0.1) is 11.6 Å². The molecule has 3 rings (SSSR count). The second kappa shape index (κ2) is 7.89. The first-order chi connectivity index (χ1) is 12.1. The number of aromatic nitrogens is 1. The molecule has 0 atom stereocenters. The molecule has 0 spiro atoms. The Bertz CT molecular complexity index is 733. The minimum atomic E-state index is -0.549. The molecule has 1 saturated heterocycles. The highest BCUT2D eigenvalue weighted by atomic mass is 19.1. The van der Waals surface area contributed by atoms with Gasteiger partial charge in [-0.2, -0.15) is 0 Å². The van der Waals surface area contributed by atoms with Gasteiger partial charge in [0.1, 0.15) is 5.82 Å². The smallest absolute Gasteiger partial charge is 0.166 e. The molecule has 1 fully saturated rings. The summed E-state index contributed by atoms with van der Waals surface area (Å²) in [5.74, 6) is -0.775. The van der Waals surface area contributed by atoms with Gasteiger partial charge in [0, 0.05) is 42.6 Å². The van der Waals surface area contributed by atoms with Gasteiger partial charge in [0.25, 0.3) is 0 Å². The molecule has 2 heterocycles. The Labute approximate surface area is 146 Å². The molecule has 25 heavy (non-hydrogen) atoms. The lowest BCUT2D eigenvalue weighted by atomic mass is 10.0. The number of hydrogen-bond donors (Lipinski definition) is 1. The number of aliphatic hydroxyl groups is 1. The molecule has 1 aromatic carbocycles. The molecule has 0 amide bonds. The van der Waals surface area contributed by atoms with Crippen molar-refractivity contribution in [3.63, 3.8) is 0 Å². The van der Waals surface area contributed by atoms with Gasteiger partial charge in [-0.25, -0.2) is 13.8 Å². The maximum absolute atomic E-state index is 14.4. The number of nitrogens with zero attached hydrogens (tertiary/aromatic N) is 2. The van der Waals surface area contributed by atoms with Gasteiger partial charge in [0.15, 0.2) is 11.6 Å². The van der Waals surface area contributed by atoms with E-state index in [1.807, 2.05) is 4.90 Å². The van der Waals surface area contributed by atoms with Crippen molar-refractivity contribution in [3.8, 4) is 11.1 Å². The van der Waals surface area contributed by atoms with E-state index >= 15 is 0 Å². The lowest BCUT2D eigenvalue weighted by molar-refractivity contribution is 0.0321. The van der Waals surface area contributed by atoms with Crippen molar-refractivity contribution in [1.82, 2.24) is 4.98 Å². The lowest BCUT2D eigenvalue weighted by Gasteiger charge is -2.39. The number of pyridine rings is 1. The average molecular weight is 348 g/mol. The van der Waals surface area contributed by atoms with E-state index in [0.717, 1.165) is 19.4 Å². The highest BCUT2D eigenvalue weighted by Crippen LogP contribution is 2.29. The van der Waals surface area contributed by atoms with Crippen LogP contribution in [0.3, 0.4) is 0 Å². The zero-order valence-corrected chi connectivity index (χ0v) is 14.2. The maximum Gasteiger partial charge on any atom is 0.166 e. The molecular formula is C19H22F2N2O2. The summed E-state index contributed by atoms with van der Waals surface area (Å²) in [6, 6.07) is 5.96. The third-order valence-corrected chi connectivity index (χ3v) is 4.38. The number of anilines is 1. The van der Waals surface area contributed by atoms with Crippen molar-refractivity contribution in [1.29, 1.82) is 0 Å². The van der Waals surface area contributed by atoms with Gasteiger partial charge in [-0.3, -0.25) is 0 Å². The van der Waals surface area contributed by atoms with E-state index in [9.17, 15) is 8.78 Å². The molecular weight excluding hydrogens is 326 g/mol. The van der Waals surface area contributed by atoms with E-state index in [0.29, 0.717) is 18.7 Å².